The summed E-state index contributed by atoms with van der Waals surface area (Å²) in [6.45, 7) is -0.522. The van der Waals surface area contributed by atoms with Gasteiger partial charge in [0.2, 0.25) is 0 Å². The van der Waals surface area contributed by atoms with Gasteiger partial charge in [-0.25, -0.2) is 4.79 Å². The van der Waals surface area contributed by atoms with Crippen LogP contribution in [0.25, 0.3) is 0 Å². The fourth-order valence-corrected chi connectivity index (χ4v) is 2.13. The average Bonchev–Trinajstić information content (AvgIpc) is 2.71. The molecule has 0 saturated heterocycles. The summed E-state index contributed by atoms with van der Waals surface area (Å²) in [5, 5.41) is 7.96. The van der Waals surface area contributed by atoms with Crippen molar-refractivity contribution in [1.29, 1.82) is 0 Å². The molecule has 2 amide bonds. The summed E-state index contributed by atoms with van der Waals surface area (Å²) in [6.07, 6.45) is -3.86. The molecular weight excluding hydrogens is 407 g/mol. The first-order valence-corrected chi connectivity index (χ1v) is 8.31. The average molecular weight is 423 g/mol. The van der Waals surface area contributed by atoms with Crippen LogP contribution in [0, 0.1) is 0 Å². The third-order valence-corrected chi connectivity index (χ3v) is 3.49. The van der Waals surface area contributed by atoms with E-state index in [1.165, 1.54) is 37.4 Å². The monoisotopic (exact) mass is 423 g/mol. The molecular formula is C19H16F3N3O5. The number of ether oxygens (including phenoxy) is 1. The van der Waals surface area contributed by atoms with Crippen LogP contribution >= 0.6 is 0 Å². The second kappa shape index (κ2) is 10.0. The Labute approximate surface area is 168 Å². The van der Waals surface area contributed by atoms with Gasteiger partial charge < -0.3 is 20.2 Å². The molecule has 2 aromatic carbocycles. The minimum Gasteiger partial charge on any atom is -0.465 e. The largest absolute Gasteiger partial charge is 0.465 e. The molecule has 0 aliphatic carbocycles. The molecule has 0 unspecified atom stereocenters. The van der Waals surface area contributed by atoms with Gasteiger partial charge in [0, 0.05) is 11.4 Å². The number of oxime groups is 1. The number of rotatable bonds is 7. The number of hydrogen-bond donors (Lipinski definition) is 2. The Morgan fingerprint density at radius 3 is 2.37 bits per heavy atom. The van der Waals surface area contributed by atoms with Crippen LogP contribution in [0.5, 0.6) is 0 Å². The summed E-state index contributed by atoms with van der Waals surface area (Å²) in [4.78, 5) is 39.4. The summed E-state index contributed by atoms with van der Waals surface area (Å²) in [7, 11) is 1.25. The maximum atomic E-state index is 12.6. The summed E-state index contributed by atoms with van der Waals surface area (Å²) in [6, 6.07) is 9.94. The van der Waals surface area contributed by atoms with Crippen molar-refractivity contribution in [1.82, 2.24) is 0 Å². The normalized spacial score (nSPS) is 11.1. The third kappa shape index (κ3) is 6.93. The molecule has 30 heavy (non-hydrogen) atoms. The maximum absolute atomic E-state index is 12.6. The second-order valence-electron chi connectivity index (χ2n) is 5.69. The SMILES string of the molecule is COC(=O)c1ccc(NC(=O)CO/N=C/C(=O)Nc2cccc(C(F)(F)F)c2)cc1. The van der Waals surface area contributed by atoms with E-state index in [9.17, 15) is 27.6 Å². The smallest absolute Gasteiger partial charge is 0.416 e. The number of benzene rings is 2. The zero-order valence-corrected chi connectivity index (χ0v) is 15.5. The van der Waals surface area contributed by atoms with E-state index in [0.29, 0.717) is 17.5 Å². The number of esters is 1. The van der Waals surface area contributed by atoms with Gasteiger partial charge in [0.1, 0.15) is 6.21 Å². The van der Waals surface area contributed by atoms with Gasteiger partial charge in [-0.3, -0.25) is 9.59 Å². The molecule has 8 nitrogen and oxygen atoms in total. The molecule has 0 aromatic heterocycles. The van der Waals surface area contributed by atoms with E-state index < -0.39 is 36.1 Å². The van der Waals surface area contributed by atoms with E-state index >= 15 is 0 Å². The van der Waals surface area contributed by atoms with Gasteiger partial charge >= 0.3 is 12.1 Å². The molecule has 0 saturated carbocycles. The molecule has 2 N–H and O–H groups in total. The van der Waals surface area contributed by atoms with Gasteiger partial charge in [0.15, 0.2) is 6.61 Å². The van der Waals surface area contributed by atoms with E-state index in [1.54, 1.807) is 0 Å². The molecule has 2 rings (SSSR count). The number of alkyl halides is 3. The Balaban J connectivity index is 1.78. The van der Waals surface area contributed by atoms with Crippen molar-refractivity contribution in [2.45, 2.75) is 6.18 Å². The van der Waals surface area contributed by atoms with Crippen LogP contribution in [0.2, 0.25) is 0 Å². The van der Waals surface area contributed by atoms with E-state index in [4.69, 9.17) is 0 Å². The first kappa shape index (κ1) is 22.4. The predicted octanol–water partition coefficient (Wildman–Crippen LogP) is 3.07. The van der Waals surface area contributed by atoms with Gasteiger partial charge in [-0.05, 0) is 42.5 Å². The van der Waals surface area contributed by atoms with Crippen molar-refractivity contribution in [2.24, 2.45) is 5.16 Å². The van der Waals surface area contributed by atoms with Crippen molar-refractivity contribution < 1.29 is 37.1 Å². The Morgan fingerprint density at radius 2 is 1.73 bits per heavy atom. The van der Waals surface area contributed by atoms with Crippen LogP contribution in [0.3, 0.4) is 0 Å². The minimum absolute atomic E-state index is 0.0746. The zero-order chi connectivity index (χ0) is 22.1. The lowest BCUT2D eigenvalue weighted by atomic mass is 10.2. The molecule has 158 valence electrons. The van der Waals surface area contributed by atoms with Crippen LogP contribution in [-0.4, -0.2) is 37.7 Å². The predicted molar refractivity (Wildman–Crippen MR) is 101 cm³/mol. The van der Waals surface area contributed by atoms with E-state index in [-0.39, 0.29) is 5.69 Å². The van der Waals surface area contributed by atoms with Crippen LogP contribution in [0.1, 0.15) is 15.9 Å². The molecule has 0 spiro atoms. The summed E-state index contributed by atoms with van der Waals surface area (Å²) in [5.74, 6) is -1.95. The van der Waals surface area contributed by atoms with Gasteiger partial charge in [0.25, 0.3) is 11.8 Å². The Bertz CT molecular complexity index is 943. The minimum atomic E-state index is -4.54. The highest BCUT2D eigenvalue weighted by Crippen LogP contribution is 2.30. The van der Waals surface area contributed by atoms with Gasteiger partial charge in [-0.1, -0.05) is 11.2 Å². The number of amides is 2. The van der Waals surface area contributed by atoms with E-state index in [0.717, 1.165) is 18.2 Å². The maximum Gasteiger partial charge on any atom is 0.416 e. The van der Waals surface area contributed by atoms with Crippen molar-refractivity contribution >= 4 is 35.4 Å². The summed E-state index contributed by atoms with van der Waals surface area (Å²) < 4.78 is 42.5. The molecule has 0 heterocycles. The molecule has 0 bridgehead atoms. The van der Waals surface area contributed by atoms with E-state index in [2.05, 4.69) is 25.4 Å². The molecule has 0 radical (unpaired) electrons. The highest BCUT2D eigenvalue weighted by atomic mass is 19.4. The lowest BCUT2D eigenvalue weighted by Gasteiger charge is -2.08. The molecule has 2 aromatic rings. The number of methoxy groups -OCH3 is 1. The van der Waals surface area contributed by atoms with Crippen molar-refractivity contribution in [3.05, 3.63) is 59.7 Å². The van der Waals surface area contributed by atoms with Crippen LogP contribution < -0.4 is 10.6 Å². The number of nitrogens with zero attached hydrogens (tertiary/aromatic N) is 1. The van der Waals surface area contributed by atoms with Crippen LogP contribution in [0.15, 0.2) is 53.7 Å². The van der Waals surface area contributed by atoms with Gasteiger partial charge in [0.05, 0.1) is 18.2 Å². The van der Waals surface area contributed by atoms with Crippen LogP contribution in [-0.2, 0) is 25.3 Å². The number of anilines is 2. The quantitative estimate of drug-likeness (QED) is 0.405. The summed E-state index contributed by atoms with van der Waals surface area (Å²) in [5.41, 5.74) is -0.287. The van der Waals surface area contributed by atoms with E-state index in [1.807, 2.05) is 0 Å². The number of nitrogens with one attached hydrogen (secondary N) is 2. The van der Waals surface area contributed by atoms with Crippen molar-refractivity contribution in [2.75, 3.05) is 24.4 Å². The number of carbonyl (C=O) groups excluding carboxylic acids is 3. The zero-order valence-electron chi connectivity index (χ0n) is 15.5. The molecule has 11 heteroatoms. The first-order chi connectivity index (χ1) is 14.2. The lowest BCUT2D eigenvalue weighted by Crippen LogP contribution is -2.18. The van der Waals surface area contributed by atoms with Crippen molar-refractivity contribution in [3.63, 3.8) is 0 Å². The Hall–Kier alpha value is -3.89. The van der Waals surface area contributed by atoms with Gasteiger partial charge in [-0.2, -0.15) is 13.2 Å². The fourth-order valence-electron chi connectivity index (χ4n) is 2.13. The van der Waals surface area contributed by atoms with Crippen molar-refractivity contribution in [3.8, 4) is 0 Å². The highest BCUT2D eigenvalue weighted by Gasteiger charge is 2.30. The number of hydrogen-bond acceptors (Lipinski definition) is 6. The third-order valence-electron chi connectivity index (χ3n) is 3.49. The number of carbonyl (C=O) groups is 3. The van der Waals surface area contributed by atoms with Gasteiger partial charge in [-0.15, -0.1) is 0 Å². The second-order valence-corrected chi connectivity index (χ2v) is 5.69. The highest BCUT2D eigenvalue weighted by molar-refractivity contribution is 6.31. The molecule has 0 aliphatic heterocycles. The molecule has 0 atom stereocenters. The molecule has 0 fully saturated rings. The first-order valence-electron chi connectivity index (χ1n) is 8.31. The Morgan fingerprint density at radius 1 is 1.03 bits per heavy atom. The number of halogens is 3. The standard InChI is InChI=1S/C19H16F3N3O5/c1-29-18(28)12-5-7-14(8-6-12)24-17(27)11-30-23-10-16(26)25-15-4-2-3-13(9-15)19(20,21)22/h2-10H,11H2,1H3,(H,24,27)(H,25,26)/b23-10+. The summed E-state index contributed by atoms with van der Waals surface area (Å²) >= 11 is 0. The Kier molecular flexibility index (Phi) is 7.50. The topological polar surface area (TPSA) is 106 Å². The fraction of sp³-hybridized carbons (Fsp3) is 0.158. The molecule has 0 aliphatic rings. The lowest BCUT2D eigenvalue weighted by molar-refractivity contribution is -0.137. The van der Waals surface area contributed by atoms with Crippen LogP contribution in [0.4, 0.5) is 24.5 Å².